The Bertz CT molecular complexity index is 167. The Morgan fingerprint density at radius 3 is 2.64 bits per heavy atom. The number of aliphatic hydroxyl groups is 1. The molecule has 0 aromatic heterocycles. The molecule has 1 fully saturated rings. The fraction of sp³-hybridized carbons (Fsp3) is 0.900. The number of likely N-dealkylation sites (tertiary alicyclic amines) is 1. The van der Waals surface area contributed by atoms with Crippen LogP contribution in [-0.4, -0.2) is 48.8 Å². The first-order valence-electron chi connectivity index (χ1n) is 5.32. The molecule has 1 saturated heterocycles. The molecule has 0 aromatic rings. The van der Waals surface area contributed by atoms with Gasteiger partial charge in [0.15, 0.2) is 0 Å². The van der Waals surface area contributed by atoms with Crippen molar-refractivity contribution in [3.05, 3.63) is 0 Å². The number of nitrogens with zero attached hydrogens (tertiary/aromatic N) is 1. The van der Waals surface area contributed by atoms with E-state index < -0.39 is 0 Å². The molecule has 0 unspecified atom stereocenters. The van der Waals surface area contributed by atoms with Gasteiger partial charge in [0, 0.05) is 6.54 Å². The van der Waals surface area contributed by atoms with E-state index in [1.165, 1.54) is 19.3 Å². The van der Waals surface area contributed by atoms with E-state index in [1.54, 1.807) is 0 Å². The van der Waals surface area contributed by atoms with E-state index >= 15 is 0 Å². The number of esters is 1. The van der Waals surface area contributed by atoms with Gasteiger partial charge in [0.05, 0.1) is 13.0 Å². The van der Waals surface area contributed by atoms with Gasteiger partial charge in [-0.25, -0.2) is 0 Å². The number of rotatable bonds is 5. The fourth-order valence-electron chi connectivity index (χ4n) is 1.66. The largest absolute Gasteiger partial charge is 0.463 e. The predicted molar refractivity (Wildman–Crippen MR) is 53.0 cm³/mol. The lowest BCUT2D eigenvalue weighted by atomic mass is 10.1. The van der Waals surface area contributed by atoms with Crippen LogP contribution in [0, 0.1) is 0 Å². The number of piperidine rings is 1. The topological polar surface area (TPSA) is 49.8 Å². The first kappa shape index (κ1) is 11.5. The summed E-state index contributed by atoms with van der Waals surface area (Å²) in [6.07, 6.45) is 4.24. The molecule has 0 atom stereocenters. The first-order valence-corrected chi connectivity index (χ1v) is 5.32. The fourth-order valence-corrected chi connectivity index (χ4v) is 1.66. The maximum Gasteiger partial charge on any atom is 0.307 e. The van der Waals surface area contributed by atoms with Crippen LogP contribution in [0.25, 0.3) is 0 Å². The van der Waals surface area contributed by atoms with Crippen LogP contribution < -0.4 is 0 Å². The third-order valence-corrected chi connectivity index (χ3v) is 2.44. The summed E-state index contributed by atoms with van der Waals surface area (Å²) in [6.45, 7) is 3.04. The van der Waals surface area contributed by atoms with Crippen LogP contribution in [0.15, 0.2) is 0 Å². The summed E-state index contributed by atoms with van der Waals surface area (Å²) in [5.41, 5.74) is 0. The third kappa shape index (κ3) is 4.58. The second-order valence-corrected chi connectivity index (χ2v) is 3.60. The molecule has 0 amide bonds. The molecule has 0 aromatic carbocycles. The van der Waals surface area contributed by atoms with Crippen molar-refractivity contribution >= 4 is 5.97 Å². The Kier molecular flexibility index (Phi) is 5.56. The first-order chi connectivity index (χ1) is 6.83. The molecule has 1 aliphatic rings. The highest BCUT2D eigenvalue weighted by Gasteiger charge is 2.11. The number of hydrogen-bond donors (Lipinski definition) is 1. The molecule has 0 radical (unpaired) electrons. The van der Waals surface area contributed by atoms with E-state index in [2.05, 4.69) is 4.90 Å². The summed E-state index contributed by atoms with van der Waals surface area (Å²) in [4.78, 5) is 13.4. The van der Waals surface area contributed by atoms with Crippen molar-refractivity contribution in [2.75, 3.05) is 32.8 Å². The minimum atomic E-state index is -0.204. The van der Waals surface area contributed by atoms with Crippen molar-refractivity contribution in [2.45, 2.75) is 25.7 Å². The molecule has 1 heterocycles. The number of carbonyl (C=O) groups is 1. The molecule has 0 spiro atoms. The van der Waals surface area contributed by atoms with Crippen molar-refractivity contribution in [3.8, 4) is 0 Å². The summed E-state index contributed by atoms with van der Waals surface area (Å²) in [5, 5.41) is 8.44. The standard InChI is InChI=1S/C10H19NO3/c12-8-9-14-10(13)4-7-11-5-2-1-3-6-11/h12H,1-9H2. The summed E-state index contributed by atoms with van der Waals surface area (Å²) in [6, 6.07) is 0. The molecule has 82 valence electrons. The lowest BCUT2D eigenvalue weighted by Gasteiger charge is -2.25. The second-order valence-electron chi connectivity index (χ2n) is 3.60. The summed E-state index contributed by atoms with van der Waals surface area (Å²) >= 11 is 0. The Morgan fingerprint density at radius 1 is 1.29 bits per heavy atom. The molecule has 0 aliphatic carbocycles. The number of carbonyl (C=O) groups excluding carboxylic acids is 1. The highest BCUT2D eigenvalue weighted by Crippen LogP contribution is 2.08. The van der Waals surface area contributed by atoms with Gasteiger partial charge < -0.3 is 14.7 Å². The highest BCUT2D eigenvalue weighted by atomic mass is 16.5. The SMILES string of the molecule is O=C(CCN1CCCCC1)OCCO. The van der Waals surface area contributed by atoms with Crippen LogP contribution in [-0.2, 0) is 9.53 Å². The van der Waals surface area contributed by atoms with E-state index in [1.807, 2.05) is 0 Å². The van der Waals surface area contributed by atoms with Crippen LogP contribution >= 0.6 is 0 Å². The number of ether oxygens (including phenoxy) is 1. The zero-order valence-electron chi connectivity index (χ0n) is 8.57. The zero-order valence-corrected chi connectivity index (χ0v) is 8.57. The molecule has 4 heteroatoms. The molecule has 1 N–H and O–H groups in total. The van der Waals surface area contributed by atoms with Crippen LogP contribution in [0.5, 0.6) is 0 Å². The van der Waals surface area contributed by atoms with Crippen LogP contribution in [0.4, 0.5) is 0 Å². The molecule has 0 bridgehead atoms. The van der Waals surface area contributed by atoms with Crippen molar-refractivity contribution < 1.29 is 14.6 Å². The maximum absolute atomic E-state index is 11.1. The lowest BCUT2D eigenvalue weighted by Crippen LogP contribution is -2.32. The van der Waals surface area contributed by atoms with E-state index in [-0.39, 0.29) is 19.2 Å². The highest BCUT2D eigenvalue weighted by molar-refractivity contribution is 5.69. The Hall–Kier alpha value is -0.610. The van der Waals surface area contributed by atoms with Gasteiger partial charge >= 0.3 is 5.97 Å². The van der Waals surface area contributed by atoms with Gasteiger partial charge in [-0.15, -0.1) is 0 Å². The van der Waals surface area contributed by atoms with Crippen molar-refractivity contribution in [2.24, 2.45) is 0 Å². The average Bonchev–Trinajstić information content (AvgIpc) is 2.25. The van der Waals surface area contributed by atoms with Gasteiger partial charge in [0.25, 0.3) is 0 Å². The summed E-state index contributed by atoms with van der Waals surface area (Å²) < 4.78 is 4.77. The molecule has 0 saturated carbocycles. The van der Waals surface area contributed by atoms with Crippen LogP contribution in [0.3, 0.4) is 0 Å². The number of hydrogen-bond acceptors (Lipinski definition) is 4. The lowest BCUT2D eigenvalue weighted by molar-refractivity contribution is -0.145. The van der Waals surface area contributed by atoms with E-state index in [4.69, 9.17) is 9.84 Å². The third-order valence-electron chi connectivity index (χ3n) is 2.44. The monoisotopic (exact) mass is 201 g/mol. The molecular weight excluding hydrogens is 182 g/mol. The van der Waals surface area contributed by atoms with Crippen LogP contribution in [0.1, 0.15) is 25.7 Å². The molecular formula is C10H19NO3. The maximum atomic E-state index is 11.1. The summed E-state index contributed by atoms with van der Waals surface area (Å²) in [5.74, 6) is -0.204. The van der Waals surface area contributed by atoms with Gasteiger partial charge in [0.1, 0.15) is 6.61 Å². The minimum Gasteiger partial charge on any atom is -0.463 e. The normalized spacial score (nSPS) is 18.1. The average molecular weight is 201 g/mol. The molecule has 1 aliphatic heterocycles. The van der Waals surface area contributed by atoms with E-state index in [9.17, 15) is 4.79 Å². The van der Waals surface area contributed by atoms with Gasteiger partial charge in [-0.1, -0.05) is 6.42 Å². The Morgan fingerprint density at radius 2 is 2.00 bits per heavy atom. The summed E-state index contributed by atoms with van der Waals surface area (Å²) in [7, 11) is 0. The van der Waals surface area contributed by atoms with E-state index in [0.29, 0.717) is 6.42 Å². The van der Waals surface area contributed by atoms with Crippen molar-refractivity contribution in [3.63, 3.8) is 0 Å². The van der Waals surface area contributed by atoms with Gasteiger partial charge in [-0.3, -0.25) is 4.79 Å². The Labute approximate surface area is 84.8 Å². The van der Waals surface area contributed by atoms with Crippen LogP contribution in [0.2, 0.25) is 0 Å². The Balaban J connectivity index is 2.03. The predicted octanol–water partition coefficient (Wildman–Crippen LogP) is 0.398. The van der Waals surface area contributed by atoms with Gasteiger partial charge in [-0.05, 0) is 25.9 Å². The van der Waals surface area contributed by atoms with Gasteiger partial charge in [-0.2, -0.15) is 0 Å². The minimum absolute atomic E-state index is 0.0878. The van der Waals surface area contributed by atoms with Crippen molar-refractivity contribution in [1.29, 1.82) is 0 Å². The van der Waals surface area contributed by atoms with Crippen molar-refractivity contribution in [1.82, 2.24) is 4.90 Å². The van der Waals surface area contributed by atoms with E-state index in [0.717, 1.165) is 19.6 Å². The number of aliphatic hydroxyl groups excluding tert-OH is 1. The zero-order chi connectivity index (χ0) is 10.2. The van der Waals surface area contributed by atoms with Gasteiger partial charge in [0.2, 0.25) is 0 Å². The molecule has 1 rings (SSSR count). The second kappa shape index (κ2) is 6.79. The smallest absolute Gasteiger partial charge is 0.307 e. The molecule has 14 heavy (non-hydrogen) atoms. The molecule has 4 nitrogen and oxygen atoms in total. The quantitative estimate of drug-likeness (QED) is 0.654.